The van der Waals surface area contributed by atoms with E-state index in [1.807, 2.05) is 0 Å². The first-order chi connectivity index (χ1) is 9.40. The zero-order valence-electron chi connectivity index (χ0n) is 9.78. The number of aromatic nitrogens is 1. The van der Waals surface area contributed by atoms with Gasteiger partial charge in [-0.05, 0) is 18.2 Å². The molecule has 0 aliphatic heterocycles. The number of benzene rings is 1. The third-order valence-corrected chi connectivity index (χ3v) is 2.63. The van der Waals surface area contributed by atoms with Gasteiger partial charge in [-0.25, -0.2) is 4.98 Å². The van der Waals surface area contributed by atoms with E-state index in [1.165, 1.54) is 6.07 Å². The maximum atomic E-state index is 12.6. The second-order valence-corrected chi connectivity index (χ2v) is 4.12. The Morgan fingerprint density at radius 2 is 2.15 bits per heavy atom. The molecule has 4 nitrogen and oxygen atoms in total. The van der Waals surface area contributed by atoms with Crippen LogP contribution in [0.3, 0.4) is 0 Å². The first-order valence-electron chi connectivity index (χ1n) is 5.29. The summed E-state index contributed by atoms with van der Waals surface area (Å²) in [5.74, 6) is 0.0446. The average molecular weight is 306 g/mol. The Hall–Kier alpha value is -2.02. The molecule has 1 aromatic carbocycles. The summed E-state index contributed by atoms with van der Waals surface area (Å²) in [5.41, 5.74) is -0.909. The molecule has 1 aromatic heterocycles. The monoisotopic (exact) mass is 305 g/mol. The summed E-state index contributed by atoms with van der Waals surface area (Å²) in [6.45, 7) is -0.202. The fourth-order valence-corrected chi connectivity index (χ4v) is 1.63. The Labute approximate surface area is 116 Å². The molecule has 0 spiro atoms. The van der Waals surface area contributed by atoms with Crippen molar-refractivity contribution in [1.82, 2.24) is 4.98 Å². The van der Waals surface area contributed by atoms with Crippen molar-refractivity contribution >= 4 is 17.9 Å². The summed E-state index contributed by atoms with van der Waals surface area (Å²) in [6, 6.07) is 3.17. The molecule has 0 saturated heterocycles. The minimum atomic E-state index is -4.57. The van der Waals surface area contributed by atoms with Crippen LogP contribution in [0.4, 0.5) is 13.2 Å². The van der Waals surface area contributed by atoms with E-state index >= 15 is 0 Å². The molecule has 0 fully saturated rings. The SMILES string of the molecule is O=Cc1coc(COc2ccc(Cl)c(C(F)(F)F)c2)n1. The molecular weight excluding hydrogens is 299 g/mol. The third kappa shape index (κ3) is 3.30. The number of alkyl halides is 3. The van der Waals surface area contributed by atoms with E-state index in [2.05, 4.69) is 4.98 Å². The highest BCUT2D eigenvalue weighted by Gasteiger charge is 2.33. The molecule has 2 rings (SSSR count). The van der Waals surface area contributed by atoms with E-state index in [0.717, 1.165) is 18.4 Å². The molecule has 0 bridgehead atoms. The van der Waals surface area contributed by atoms with E-state index in [1.54, 1.807) is 0 Å². The van der Waals surface area contributed by atoms with E-state index < -0.39 is 16.8 Å². The molecule has 0 aliphatic rings. The molecule has 0 aliphatic carbocycles. The van der Waals surface area contributed by atoms with E-state index in [4.69, 9.17) is 20.8 Å². The van der Waals surface area contributed by atoms with Gasteiger partial charge in [0.15, 0.2) is 12.9 Å². The normalized spacial score (nSPS) is 11.4. The fraction of sp³-hybridized carbons (Fsp3) is 0.167. The molecule has 0 N–H and O–H groups in total. The van der Waals surface area contributed by atoms with Gasteiger partial charge in [-0.15, -0.1) is 0 Å². The van der Waals surface area contributed by atoms with Crippen LogP contribution in [-0.2, 0) is 12.8 Å². The maximum absolute atomic E-state index is 12.6. The highest BCUT2D eigenvalue weighted by molar-refractivity contribution is 6.31. The lowest BCUT2D eigenvalue weighted by Gasteiger charge is -2.11. The average Bonchev–Trinajstić information content (AvgIpc) is 2.84. The van der Waals surface area contributed by atoms with E-state index in [0.29, 0.717) is 6.29 Å². The van der Waals surface area contributed by atoms with Crippen molar-refractivity contribution in [3.8, 4) is 5.75 Å². The minimum Gasteiger partial charge on any atom is -0.484 e. The zero-order valence-corrected chi connectivity index (χ0v) is 10.5. The second-order valence-electron chi connectivity index (χ2n) is 3.71. The molecular formula is C12H7ClF3NO3. The molecule has 0 amide bonds. The Kier molecular flexibility index (Phi) is 3.99. The summed E-state index contributed by atoms with van der Waals surface area (Å²) in [5, 5.41) is -0.413. The predicted molar refractivity (Wildman–Crippen MR) is 62.7 cm³/mol. The highest BCUT2D eigenvalue weighted by Crippen LogP contribution is 2.36. The molecule has 0 radical (unpaired) electrons. The van der Waals surface area contributed by atoms with Gasteiger partial charge < -0.3 is 9.15 Å². The molecule has 1 heterocycles. The van der Waals surface area contributed by atoms with Crippen molar-refractivity contribution in [2.75, 3.05) is 0 Å². The molecule has 8 heteroatoms. The molecule has 0 unspecified atom stereocenters. The summed E-state index contributed by atoms with van der Waals surface area (Å²) in [6.07, 6.45) is -2.96. The largest absolute Gasteiger partial charge is 0.484 e. The lowest BCUT2D eigenvalue weighted by Crippen LogP contribution is -2.06. The van der Waals surface area contributed by atoms with Gasteiger partial charge in [0.05, 0.1) is 10.6 Å². The Balaban J connectivity index is 2.12. The van der Waals surface area contributed by atoms with Crippen molar-refractivity contribution in [2.45, 2.75) is 12.8 Å². The van der Waals surface area contributed by atoms with Crippen LogP contribution in [0.2, 0.25) is 5.02 Å². The van der Waals surface area contributed by atoms with Crippen LogP contribution in [0.15, 0.2) is 28.9 Å². The first kappa shape index (κ1) is 14.4. The van der Waals surface area contributed by atoms with Crippen molar-refractivity contribution in [3.05, 3.63) is 46.6 Å². The quantitative estimate of drug-likeness (QED) is 0.807. The van der Waals surface area contributed by atoms with Crippen LogP contribution in [0.25, 0.3) is 0 Å². The number of ether oxygens (including phenoxy) is 1. The fourth-order valence-electron chi connectivity index (χ4n) is 1.40. The number of carbonyl (C=O) groups is 1. The van der Waals surface area contributed by atoms with Crippen LogP contribution in [0, 0.1) is 0 Å². The van der Waals surface area contributed by atoms with Gasteiger partial charge in [-0.3, -0.25) is 4.79 Å². The molecule has 0 atom stereocenters. The van der Waals surface area contributed by atoms with Crippen molar-refractivity contribution in [2.24, 2.45) is 0 Å². The molecule has 2 aromatic rings. The van der Waals surface area contributed by atoms with Gasteiger partial charge in [0.1, 0.15) is 17.7 Å². The van der Waals surface area contributed by atoms with Crippen LogP contribution in [0.1, 0.15) is 21.9 Å². The Morgan fingerprint density at radius 3 is 2.75 bits per heavy atom. The summed E-state index contributed by atoms with van der Waals surface area (Å²) >= 11 is 5.47. The van der Waals surface area contributed by atoms with Crippen LogP contribution >= 0.6 is 11.6 Å². The smallest absolute Gasteiger partial charge is 0.417 e. The van der Waals surface area contributed by atoms with Crippen molar-refractivity contribution < 1.29 is 27.1 Å². The number of nitrogens with zero attached hydrogens (tertiary/aromatic N) is 1. The number of hydrogen-bond donors (Lipinski definition) is 0. The first-order valence-corrected chi connectivity index (χ1v) is 5.67. The topological polar surface area (TPSA) is 52.3 Å². The summed E-state index contributed by atoms with van der Waals surface area (Å²) < 4.78 is 47.9. The highest BCUT2D eigenvalue weighted by atomic mass is 35.5. The molecule has 0 saturated carbocycles. The minimum absolute atomic E-state index is 0.0346. The number of hydrogen-bond acceptors (Lipinski definition) is 4. The van der Waals surface area contributed by atoms with Gasteiger partial charge in [0, 0.05) is 0 Å². The third-order valence-electron chi connectivity index (χ3n) is 2.30. The lowest BCUT2D eigenvalue weighted by molar-refractivity contribution is -0.137. The lowest BCUT2D eigenvalue weighted by atomic mass is 10.2. The van der Waals surface area contributed by atoms with Crippen molar-refractivity contribution in [1.29, 1.82) is 0 Å². The summed E-state index contributed by atoms with van der Waals surface area (Å²) in [7, 11) is 0. The number of rotatable bonds is 4. The summed E-state index contributed by atoms with van der Waals surface area (Å²) in [4.78, 5) is 14.1. The Bertz CT molecular complexity index is 625. The van der Waals surface area contributed by atoms with Gasteiger partial charge in [0.2, 0.25) is 5.89 Å². The number of oxazole rings is 1. The number of halogens is 4. The molecule has 20 heavy (non-hydrogen) atoms. The number of carbonyl (C=O) groups excluding carboxylic acids is 1. The van der Waals surface area contributed by atoms with E-state index in [9.17, 15) is 18.0 Å². The standard InChI is InChI=1S/C12H7ClF3NO3/c13-10-2-1-8(3-9(10)12(14,15)16)19-6-11-17-7(4-18)5-20-11/h1-5H,6H2. The van der Waals surface area contributed by atoms with Crippen LogP contribution in [0.5, 0.6) is 5.75 Å². The van der Waals surface area contributed by atoms with Crippen LogP contribution < -0.4 is 4.74 Å². The van der Waals surface area contributed by atoms with Gasteiger partial charge in [0.25, 0.3) is 0 Å². The molecule has 106 valence electrons. The zero-order chi connectivity index (χ0) is 14.8. The Morgan fingerprint density at radius 1 is 1.40 bits per heavy atom. The predicted octanol–water partition coefficient (Wildman–Crippen LogP) is 3.74. The van der Waals surface area contributed by atoms with Gasteiger partial charge >= 0.3 is 6.18 Å². The second kappa shape index (κ2) is 5.54. The van der Waals surface area contributed by atoms with E-state index in [-0.39, 0.29) is 23.9 Å². The number of aldehydes is 1. The van der Waals surface area contributed by atoms with Crippen LogP contribution in [-0.4, -0.2) is 11.3 Å². The maximum Gasteiger partial charge on any atom is 0.417 e. The van der Waals surface area contributed by atoms with Gasteiger partial charge in [-0.2, -0.15) is 13.2 Å². The van der Waals surface area contributed by atoms with Gasteiger partial charge in [-0.1, -0.05) is 11.6 Å². The van der Waals surface area contributed by atoms with Crippen molar-refractivity contribution in [3.63, 3.8) is 0 Å².